The molecule has 0 saturated carbocycles. The normalized spacial score (nSPS) is 14.8. The van der Waals surface area contributed by atoms with Gasteiger partial charge in [-0.05, 0) is 32.8 Å². The quantitative estimate of drug-likeness (QED) is 0.755. The molecule has 0 bridgehead atoms. The van der Waals surface area contributed by atoms with Gasteiger partial charge in [0.25, 0.3) is 0 Å². The summed E-state index contributed by atoms with van der Waals surface area (Å²) in [5, 5.41) is 3.65. The third kappa shape index (κ3) is 4.36. The van der Waals surface area contributed by atoms with Crippen LogP contribution in [0.15, 0.2) is 24.3 Å². The topological polar surface area (TPSA) is 12.0 Å². The van der Waals surface area contributed by atoms with Crippen LogP contribution < -0.4 is 5.32 Å². The zero-order valence-corrected chi connectivity index (χ0v) is 11.1. The summed E-state index contributed by atoms with van der Waals surface area (Å²) < 4.78 is 0. The molecule has 0 fully saturated rings. The summed E-state index contributed by atoms with van der Waals surface area (Å²) in [6.45, 7) is 8.90. The van der Waals surface area contributed by atoms with Gasteiger partial charge < -0.3 is 5.32 Å². The average molecular weight is 219 g/mol. The maximum Gasteiger partial charge on any atom is 0.0294 e. The van der Waals surface area contributed by atoms with Crippen molar-refractivity contribution in [1.82, 2.24) is 5.32 Å². The monoisotopic (exact) mass is 219 g/mol. The van der Waals surface area contributed by atoms with Gasteiger partial charge in [0.1, 0.15) is 0 Å². The molecule has 1 aromatic rings. The number of hydrogen-bond donors (Lipinski definition) is 1. The van der Waals surface area contributed by atoms with Gasteiger partial charge >= 0.3 is 0 Å². The van der Waals surface area contributed by atoms with Gasteiger partial charge in [0, 0.05) is 12.1 Å². The molecular weight excluding hydrogens is 194 g/mol. The SMILES string of the molecule is CCCCC(C)NC(C)c1ccc(C)cc1. The molecule has 0 aromatic heterocycles. The van der Waals surface area contributed by atoms with E-state index in [1.807, 2.05) is 0 Å². The highest BCUT2D eigenvalue weighted by Crippen LogP contribution is 2.14. The van der Waals surface area contributed by atoms with Crippen molar-refractivity contribution >= 4 is 0 Å². The van der Waals surface area contributed by atoms with Crippen LogP contribution in [-0.2, 0) is 0 Å². The molecule has 0 aliphatic carbocycles. The van der Waals surface area contributed by atoms with E-state index in [2.05, 4.69) is 57.3 Å². The first kappa shape index (κ1) is 13.2. The summed E-state index contributed by atoms with van der Waals surface area (Å²) in [5.74, 6) is 0. The van der Waals surface area contributed by atoms with Crippen LogP contribution in [0.2, 0.25) is 0 Å². The Bertz CT molecular complexity index is 289. The molecule has 1 heteroatoms. The van der Waals surface area contributed by atoms with Crippen LogP contribution >= 0.6 is 0 Å². The second-order valence-corrected chi connectivity index (χ2v) is 4.84. The van der Waals surface area contributed by atoms with Crippen LogP contribution in [-0.4, -0.2) is 6.04 Å². The van der Waals surface area contributed by atoms with Gasteiger partial charge in [-0.15, -0.1) is 0 Å². The highest BCUT2D eigenvalue weighted by molar-refractivity contribution is 5.23. The zero-order valence-electron chi connectivity index (χ0n) is 11.1. The first-order chi connectivity index (χ1) is 7.63. The molecule has 1 rings (SSSR count). The molecule has 0 spiro atoms. The molecule has 0 amide bonds. The maximum atomic E-state index is 3.65. The minimum atomic E-state index is 0.451. The van der Waals surface area contributed by atoms with E-state index >= 15 is 0 Å². The number of nitrogens with one attached hydrogen (secondary N) is 1. The molecule has 1 aromatic carbocycles. The van der Waals surface area contributed by atoms with Gasteiger partial charge in [-0.2, -0.15) is 0 Å². The molecule has 16 heavy (non-hydrogen) atoms. The first-order valence-corrected chi connectivity index (χ1v) is 6.46. The summed E-state index contributed by atoms with van der Waals surface area (Å²) in [7, 11) is 0. The van der Waals surface area contributed by atoms with Gasteiger partial charge in [0.05, 0.1) is 0 Å². The molecule has 90 valence electrons. The van der Waals surface area contributed by atoms with Gasteiger partial charge in [-0.3, -0.25) is 0 Å². The molecule has 1 N–H and O–H groups in total. The van der Waals surface area contributed by atoms with E-state index in [-0.39, 0.29) is 0 Å². The first-order valence-electron chi connectivity index (χ1n) is 6.46. The van der Waals surface area contributed by atoms with Crippen LogP contribution in [0.5, 0.6) is 0 Å². The molecule has 2 atom stereocenters. The predicted molar refractivity (Wildman–Crippen MR) is 71.7 cm³/mol. The lowest BCUT2D eigenvalue weighted by Crippen LogP contribution is -2.28. The molecule has 0 radical (unpaired) electrons. The molecule has 0 aliphatic rings. The third-order valence-electron chi connectivity index (χ3n) is 3.10. The van der Waals surface area contributed by atoms with E-state index in [1.165, 1.54) is 30.4 Å². The summed E-state index contributed by atoms with van der Waals surface area (Å²) in [6.07, 6.45) is 3.87. The van der Waals surface area contributed by atoms with Gasteiger partial charge in [-0.1, -0.05) is 49.6 Å². The predicted octanol–water partition coefficient (Wildman–Crippen LogP) is 4.22. The van der Waals surface area contributed by atoms with Crippen LogP contribution in [0.3, 0.4) is 0 Å². The molecular formula is C15H25N. The zero-order chi connectivity index (χ0) is 12.0. The Morgan fingerprint density at radius 2 is 1.75 bits per heavy atom. The Morgan fingerprint density at radius 1 is 1.12 bits per heavy atom. The van der Waals surface area contributed by atoms with Crippen molar-refractivity contribution in [3.05, 3.63) is 35.4 Å². The summed E-state index contributed by atoms with van der Waals surface area (Å²) in [5.41, 5.74) is 2.71. The summed E-state index contributed by atoms with van der Waals surface area (Å²) >= 11 is 0. The lowest BCUT2D eigenvalue weighted by molar-refractivity contribution is 0.444. The van der Waals surface area contributed by atoms with Gasteiger partial charge in [0.15, 0.2) is 0 Å². The van der Waals surface area contributed by atoms with Crippen molar-refractivity contribution in [3.63, 3.8) is 0 Å². The molecule has 0 heterocycles. The van der Waals surface area contributed by atoms with Crippen LogP contribution in [0.4, 0.5) is 0 Å². The Labute approximate surface area is 100 Å². The molecule has 1 nitrogen and oxygen atoms in total. The number of benzene rings is 1. The van der Waals surface area contributed by atoms with E-state index in [9.17, 15) is 0 Å². The van der Waals surface area contributed by atoms with Gasteiger partial charge in [-0.25, -0.2) is 0 Å². The number of hydrogen-bond acceptors (Lipinski definition) is 1. The van der Waals surface area contributed by atoms with Crippen LogP contribution in [0.1, 0.15) is 57.2 Å². The Balaban J connectivity index is 2.45. The fourth-order valence-corrected chi connectivity index (χ4v) is 1.97. The van der Waals surface area contributed by atoms with Crippen molar-refractivity contribution in [2.75, 3.05) is 0 Å². The minimum Gasteiger partial charge on any atom is -0.308 e. The molecule has 2 unspecified atom stereocenters. The second-order valence-electron chi connectivity index (χ2n) is 4.84. The third-order valence-corrected chi connectivity index (χ3v) is 3.10. The van der Waals surface area contributed by atoms with Gasteiger partial charge in [0.2, 0.25) is 0 Å². The summed E-state index contributed by atoms with van der Waals surface area (Å²) in [4.78, 5) is 0. The highest BCUT2D eigenvalue weighted by Gasteiger charge is 2.08. The van der Waals surface area contributed by atoms with Crippen molar-refractivity contribution in [1.29, 1.82) is 0 Å². The Hall–Kier alpha value is -0.820. The Morgan fingerprint density at radius 3 is 2.31 bits per heavy atom. The fourth-order valence-electron chi connectivity index (χ4n) is 1.97. The van der Waals surface area contributed by atoms with Crippen molar-refractivity contribution in [3.8, 4) is 0 Å². The lowest BCUT2D eigenvalue weighted by Gasteiger charge is -2.20. The maximum absolute atomic E-state index is 3.65. The largest absolute Gasteiger partial charge is 0.308 e. The molecule has 0 aliphatic heterocycles. The van der Waals surface area contributed by atoms with Crippen molar-refractivity contribution in [2.45, 2.75) is 59.0 Å². The lowest BCUT2D eigenvalue weighted by atomic mass is 10.0. The fraction of sp³-hybridized carbons (Fsp3) is 0.600. The summed E-state index contributed by atoms with van der Waals surface area (Å²) in [6, 6.07) is 9.87. The standard InChI is InChI=1S/C15H25N/c1-5-6-7-13(3)16-14(4)15-10-8-12(2)9-11-15/h8-11,13-14,16H,5-7H2,1-4H3. The average Bonchev–Trinajstić information content (AvgIpc) is 2.27. The van der Waals surface area contributed by atoms with Crippen LogP contribution in [0.25, 0.3) is 0 Å². The van der Waals surface area contributed by atoms with E-state index in [4.69, 9.17) is 0 Å². The van der Waals surface area contributed by atoms with E-state index in [0.29, 0.717) is 12.1 Å². The number of unbranched alkanes of at least 4 members (excludes halogenated alkanes) is 1. The van der Waals surface area contributed by atoms with E-state index < -0.39 is 0 Å². The Kier molecular flexibility index (Phi) is 5.54. The van der Waals surface area contributed by atoms with Crippen molar-refractivity contribution < 1.29 is 0 Å². The van der Waals surface area contributed by atoms with Crippen molar-refractivity contribution in [2.24, 2.45) is 0 Å². The number of aryl methyl sites for hydroxylation is 1. The second kappa shape index (κ2) is 6.70. The van der Waals surface area contributed by atoms with E-state index in [1.54, 1.807) is 0 Å². The minimum absolute atomic E-state index is 0.451. The highest BCUT2D eigenvalue weighted by atomic mass is 14.9. The smallest absolute Gasteiger partial charge is 0.0294 e. The number of rotatable bonds is 6. The molecule has 0 saturated heterocycles. The van der Waals surface area contributed by atoms with Crippen LogP contribution in [0, 0.1) is 6.92 Å². The van der Waals surface area contributed by atoms with E-state index in [0.717, 1.165) is 0 Å².